The molecule has 0 saturated heterocycles. The number of likely N-dealkylation sites (N-methyl/N-ethyl adjacent to an activating group) is 1. The minimum Gasteiger partial charge on any atom is -0.475 e. The van der Waals surface area contributed by atoms with Crippen LogP contribution in [0.25, 0.3) is 0 Å². The molecule has 0 bridgehead atoms. The third-order valence-corrected chi connectivity index (χ3v) is 4.36. The smallest absolute Gasteiger partial charge is 0.417 e. The first-order chi connectivity index (χ1) is 13.2. The normalized spacial score (nSPS) is 12.5. The molecule has 0 aliphatic heterocycles. The quantitative estimate of drug-likeness (QED) is 0.633. The van der Waals surface area contributed by atoms with Crippen molar-refractivity contribution in [3.8, 4) is 5.88 Å². The molecule has 1 aromatic heterocycles. The molecule has 1 heterocycles. The molecule has 1 amide bonds. The van der Waals surface area contributed by atoms with E-state index in [9.17, 15) is 22.4 Å². The molecule has 28 heavy (non-hydrogen) atoms. The summed E-state index contributed by atoms with van der Waals surface area (Å²) in [6.45, 7) is 5.65. The first kappa shape index (κ1) is 21.7. The van der Waals surface area contributed by atoms with E-state index in [0.717, 1.165) is 12.1 Å². The van der Waals surface area contributed by atoms with Crippen molar-refractivity contribution in [1.82, 2.24) is 9.88 Å². The SMILES string of the molecule is CCc1cccc(F)c1C(=O)N(CC)C(C)COc1ccc(C(F)(F)F)cn1. The monoisotopic (exact) mass is 398 g/mol. The topological polar surface area (TPSA) is 42.4 Å². The van der Waals surface area contributed by atoms with E-state index in [2.05, 4.69) is 4.98 Å². The Morgan fingerprint density at radius 3 is 2.46 bits per heavy atom. The summed E-state index contributed by atoms with van der Waals surface area (Å²) in [4.78, 5) is 18.0. The highest BCUT2D eigenvalue weighted by molar-refractivity contribution is 5.96. The Labute approximate surface area is 161 Å². The molecule has 0 saturated carbocycles. The third kappa shape index (κ3) is 4.99. The number of alkyl halides is 3. The average molecular weight is 398 g/mol. The number of carbonyl (C=O) groups excluding carboxylic acids is 1. The fourth-order valence-corrected chi connectivity index (χ4v) is 2.83. The Kier molecular flexibility index (Phi) is 6.99. The lowest BCUT2D eigenvalue weighted by Crippen LogP contribution is -2.42. The molecule has 0 spiro atoms. The molecule has 1 aromatic carbocycles. The third-order valence-electron chi connectivity index (χ3n) is 4.36. The van der Waals surface area contributed by atoms with Crippen molar-refractivity contribution < 1.29 is 27.1 Å². The molecule has 0 radical (unpaired) electrons. The van der Waals surface area contributed by atoms with Crippen molar-refractivity contribution >= 4 is 5.91 Å². The Bertz CT molecular complexity index is 807. The molecule has 152 valence electrons. The standard InChI is InChI=1S/C20H22F4N2O2/c1-4-14-7-6-8-16(21)18(14)19(27)26(5-2)13(3)12-28-17-10-9-15(11-25-17)20(22,23)24/h6-11,13H,4-5,12H2,1-3H3. The van der Waals surface area contributed by atoms with Crippen LogP contribution in [0.1, 0.15) is 42.3 Å². The van der Waals surface area contributed by atoms with Crippen LogP contribution >= 0.6 is 0 Å². The number of amides is 1. The van der Waals surface area contributed by atoms with E-state index in [0.29, 0.717) is 24.7 Å². The zero-order chi connectivity index (χ0) is 20.9. The number of halogens is 4. The minimum absolute atomic E-state index is 0.00779. The Balaban J connectivity index is 2.09. The van der Waals surface area contributed by atoms with Gasteiger partial charge in [0.1, 0.15) is 12.4 Å². The van der Waals surface area contributed by atoms with Crippen LogP contribution < -0.4 is 4.74 Å². The van der Waals surface area contributed by atoms with Gasteiger partial charge in [0.15, 0.2) is 0 Å². The van der Waals surface area contributed by atoms with E-state index in [1.807, 2.05) is 6.92 Å². The van der Waals surface area contributed by atoms with E-state index < -0.39 is 29.5 Å². The summed E-state index contributed by atoms with van der Waals surface area (Å²) >= 11 is 0. The summed E-state index contributed by atoms with van der Waals surface area (Å²) in [6.07, 6.45) is -3.27. The van der Waals surface area contributed by atoms with Crippen LogP contribution in [0, 0.1) is 5.82 Å². The number of aromatic nitrogens is 1. The van der Waals surface area contributed by atoms with Crippen LogP contribution in [0.4, 0.5) is 17.6 Å². The van der Waals surface area contributed by atoms with E-state index in [1.165, 1.54) is 11.0 Å². The molecule has 0 fully saturated rings. The van der Waals surface area contributed by atoms with Crippen molar-refractivity contribution in [1.29, 1.82) is 0 Å². The van der Waals surface area contributed by atoms with Crippen LogP contribution in [-0.2, 0) is 12.6 Å². The maximum absolute atomic E-state index is 14.3. The van der Waals surface area contributed by atoms with Crippen LogP contribution in [-0.4, -0.2) is 35.0 Å². The Hall–Kier alpha value is -2.64. The van der Waals surface area contributed by atoms with E-state index in [-0.39, 0.29) is 18.1 Å². The molecule has 0 aliphatic rings. The molecule has 1 atom stereocenters. The zero-order valence-electron chi connectivity index (χ0n) is 15.9. The number of rotatable bonds is 7. The molecule has 2 aromatic rings. The lowest BCUT2D eigenvalue weighted by atomic mass is 10.0. The zero-order valence-corrected chi connectivity index (χ0v) is 15.9. The predicted molar refractivity (Wildman–Crippen MR) is 96.7 cm³/mol. The van der Waals surface area contributed by atoms with Crippen molar-refractivity contribution in [3.05, 3.63) is 59.0 Å². The van der Waals surface area contributed by atoms with Crippen molar-refractivity contribution in [3.63, 3.8) is 0 Å². The van der Waals surface area contributed by atoms with Gasteiger partial charge in [-0.05, 0) is 38.0 Å². The first-order valence-corrected chi connectivity index (χ1v) is 8.93. The predicted octanol–water partition coefficient (Wildman–Crippen LogP) is 4.73. The molecule has 4 nitrogen and oxygen atoms in total. The van der Waals surface area contributed by atoms with Gasteiger partial charge in [-0.25, -0.2) is 9.37 Å². The molecule has 2 rings (SSSR count). The summed E-state index contributed by atoms with van der Waals surface area (Å²) in [5, 5.41) is 0. The molecular formula is C20H22F4N2O2. The van der Waals surface area contributed by atoms with Gasteiger partial charge in [0, 0.05) is 18.8 Å². The fraction of sp³-hybridized carbons (Fsp3) is 0.400. The summed E-state index contributed by atoms with van der Waals surface area (Å²) < 4.78 is 57.4. The van der Waals surface area contributed by atoms with Gasteiger partial charge in [-0.1, -0.05) is 19.1 Å². The lowest BCUT2D eigenvalue weighted by molar-refractivity contribution is -0.137. The van der Waals surface area contributed by atoms with Gasteiger partial charge < -0.3 is 9.64 Å². The van der Waals surface area contributed by atoms with Gasteiger partial charge in [0.2, 0.25) is 5.88 Å². The van der Waals surface area contributed by atoms with Gasteiger partial charge in [-0.15, -0.1) is 0 Å². The number of pyridine rings is 1. The van der Waals surface area contributed by atoms with Crippen LogP contribution in [0.5, 0.6) is 5.88 Å². The van der Waals surface area contributed by atoms with Crippen molar-refractivity contribution in [2.45, 2.75) is 39.4 Å². The van der Waals surface area contributed by atoms with Gasteiger partial charge in [-0.3, -0.25) is 4.79 Å². The van der Waals surface area contributed by atoms with E-state index in [4.69, 9.17) is 4.74 Å². The summed E-state index contributed by atoms with van der Waals surface area (Å²) in [7, 11) is 0. The second kappa shape index (κ2) is 9.03. The minimum atomic E-state index is -4.47. The van der Waals surface area contributed by atoms with Crippen LogP contribution in [0.15, 0.2) is 36.5 Å². The largest absolute Gasteiger partial charge is 0.475 e. The second-order valence-corrected chi connectivity index (χ2v) is 6.26. The van der Waals surface area contributed by atoms with E-state index >= 15 is 0 Å². The van der Waals surface area contributed by atoms with Gasteiger partial charge in [-0.2, -0.15) is 13.2 Å². The number of hydrogen-bond donors (Lipinski definition) is 0. The van der Waals surface area contributed by atoms with Gasteiger partial charge >= 0.3 is 6.18 Å². The highest BCUT2D eigenvalue weighted by Crippen LogP contribution is 2.29. The summed E-state index contributed by atoms with van der Waals surface area (Å²) in [5.74, 6) is -1.02. The highest BCUT2D eigenvalue weighted by Gasteiger charge is 2.31. The molecular weight excluding hydrogens is 376 g/mol. The number of benzene rings is 1. The number of carbonyl (C=O) groups is 1. The highest BCUT2D eigenvalue weighted by atomic mass is 19.4. The van der Waals surface area contributed by atoms with E-state index in [1.54, 1.807) is 26.0 Å². The molecule has 0 N–H and O–H groups in total. The number of hydrogen-bond acceptors (Lipinski definition) is 3. The average Bonchev–Trinajstić information content (AvgIpc) is 2.66. The maximum Gasteiger partial charge on any atom is 0.417 e. The summed E-state index contributed by atoms with van der Waals surface area (Å²) in [6, 6.07) is 6.07. The second-order valence-electron chi connectivity index (χ2n) is 6.26. The molecule has 1 unspecified atom stereocenters. The Morgan fingerprint density at radius 1 is 1.21 bits per heavy atom. The number of nitrogens with zero attached hydrogens (tertiary/aromatic N) is 2. The maximum atomic E-state index is 14.3. The van der Waals surface area contributed by atoms with Crippen LogP contribution in [0.3, 0.4) is 0 Å². The first-order valence-electron chi connectivity index (χ1n) is 8.93. The number of aryl methyl sites for hydroxylation is 1. The fourth-order valence-electron chi connectivity index (χ4n) is 2.83. The van der Waals surface area contributed by atoms with Crippen molar-refractivity contribution in [2.24, 2.45) is 0 Å². The molecule has 0 aliphatic carbocycles. The van der Waals surface area contributed by atoms with Gasteiger partial charge in [0.05, 0.1) is 17.2 Å². The molecule has 8 heteroatoms. The lowest BCUT2D eigenvalue weighted by Gasteiger charge is -2.28. The summed E-state index contributed by atoms with van der Waals surface area (Å²) in [5.41, 5.74) is -0.225. The van der Waals surface area contributed by atoms with Gasteiger partial charge in [0.25, 0.3) is 5.91 Å². The van der Waals surface area contributed by atoms with Crippen LogP contribution in [0.2, 0.25) is 0 Å². The Morgan fingerprint density at radius 2 is 1.93 bits per heavy atom. The number of ether oxygens (including phenoxy) is 1. The van der Waals surface area contributed by atoms with Crippen molar-refractivity contribution in [2.75, 3.05) is 13.2 Å².